The largest absolute Gasteiger partial charge is 0.493 e. The van der Waals surface area contributed by atoms with Crippen molar-refractivity contribution in [2.75, 3.05) is 14.2 Å². The number of rotatable bonds is 4. The zero-order chi connectivity index (χ0) is 15.6. The Hall–Kier alpha value is -1.71. The first-order chi connectivity index (χ1) is 9.97. The van der Waals surface area contributed by atoms with Crippen LogP contribution in [0.1, 0.15) is 21.5 Å². The van der Waals surface area contributed by atoms with E-state index in [1.807, 2.05) is 6.92 Å². The van der Waals surface area contributed by atoms with Gasteiger partial charge in [-0.15, -0.1) is 0 Å². The third kappa shape index (κ3) is 3.14. The molecule has 0 atom stereocenters. The van der Waals surface area contributed by atoms with Gasteiger partial charge < -0.3 is 9.47 Å². The minimum absolute atomic E-state index is 0.146. The Morgan fingerprint density at radius 3 is 2.14 bits per heavy atom. The highest BCUT2D eigenvalue weighted by Gasteiger charge is 2.17. The van der Waals surface area contributed by atoms with Crippen LogP contribution in [0, 0.1) is 6.92 Å². The zero-order valence-electron chi connectivity index (χ0n) is 11.9. The van der Waals surface area contributed by atoms with Crippen LogP contribution in [-0.2, 0) is 0 Å². The molecular weight excluding hydrogens is 311 g/mol. The molecular formula is C16H14Cl2O3. The number of aryl methyl sites for hydroxylation is 1. The van der Waals surface area contributed by atoms with E-state index in [4.69, 9.17) is 32.7 Å². The van der Waals surface area contributed by atoms with Crippen molar-refractivity contribution in [3.8, 4) is 11.5 Å². The number of carbonyl (C=O) groups is 1. The topological polar surface area (TPSA) is 35.5 Å². The molecule has 110 valence electrons. The summed E-state index contributed by atoms with van der Waals surface area (Å²) in [6.45, 7) is 1.84. The third-order valence-corrected chi connectivity index (χ3v) is 3.90. The van der Waals surface area contributed by atoms with E-state index in [9.17, 15) is 4.79 Å². The number of halogens is 2. The minimum Gasteiger partial charge on any atom is -0.493 e. The van der Waals surface area contributed by atoms with Crippen molar-refractivity contribution in [1.82, 2.24) is 0 Å². The molecule has 0 saturated carbocycles. The van der Waals surface area contributed by atoms with Crippen molar-refractivity contribution in [3.63, 3.8) is 0 Å². The van der Waals surface area contributed by atoms with Gasteiger partial charge in [-0.3, -0.25) is 4.79 Å². The number of benzene rings is 2. The van der Waals surface area contributed by atoms with Gasteiger partial charge in [0.1, 0.15) is 0 Å². The van der Waals surface area contributed by atoms with E-state index in [0.717, 1.165) is 5.56 Å². The molecule has 0 fully saturated rings. The van der Waals surface area contributed by atoms with Crippen LogP contribution in [0.5, 0.6) is 11.5 Å². The fourth-order valence-corrected chi connectivity index (χ4v) is 2.32. The second-order valence-corrected chi connectivity index (χ2v) is 5.29. The van der Waals surface area contributed by atoms with Gasteiger partial charge in [0.05, 0.1) is 24.3 Å². The maximum Gasteiger partial charge on any atom is 0.193 e. The molecule has 0 aromatic heterocycles. The lowest BCUT2D eigenvalue weighted by atomic mass is 9.98. The van der Waals surface area contributed by atoms with Crippen LogP contribution in [0.3, 0.4) is 0 Å². The lowest BCUT2D eigenvalue weighted by molar-refractivity contribution is 0.103. The molecule has 0 aliphatic heterocycles. The number of hydrogen-bond donors (Lipinski definition) is 0. The van der Waals surface area contributed by atoms with Crippen LogP contribution in [0.2, 0.25) is 10.0 Å². The van der Waals surface area contributed by atoms with E-state index in [0.29, 0.717) is 32.7 Å². The summed E-state index contributed by atoms with van der Waals surface area (Å²) < 4.78 is 10.5. The molecule has 0 spiro atoms. The maximum atomic E-state index is 12.6. The Morgan fingerprint density at radius 2 is 1.57 bits per heavy atom. The van der Waals surface area contributed by atoms with E-state index in [1.165, 1.54) is 7.11 Å². The van der Waals surface area contributed by atoms with Gasteiger partial charge >= 0.3 is 0 Å². The van der Waals surface area contributed by atoms with Crippen molar-refractivity contribution in [2.45, 2.75) is 6.92 Å². The van der Waals surface area contributed by atoms with E-state index >= 15 is 0 Å². The van der Waals surface area contributed by atoms with Crippen LogP contribution in [0.25, 0.3) is 0 Å². The summed E-state index contributed by atoms with van der Waals surface area (Å²) in [7, 11) is 3.08. The first-order valence-electron chi connectivity index (χ1n) is 6.20. The molecule has 2 rings (SSSR count). The zero-order valence-corrected chi connectivity index (χ0v) is 13.4. The predicted octanol–water partition coefficient (Wildman–Crippen LogP) is 4.55. The lowest BCUT2D eigenvalue weighted by Gasteiger charge is -2.12. The van der Waals surface area contributed by atoms with Gasteiger partial charge in [0, 0.05) is 11.1 Å². The molecule has 0 heterocycles. The molecule has 0 amide bonds. The average Bonchev–Trinajstić information content (AvgIpc) is 2.49. The highest BCUT2D eigenvalue weighted by molar-refractivity contribution is 6.42. The molecule has 0 aliphatic carbocycles. The predicted molar refractivity (Wildman–Crippen MR) is 84.2 cm³/mol. The number of carbonyl (C=O) groups excluding carboxylic acids is 1. The SMILES string of the molecule is COc1cc(C)c(C(=O)c2ccc(Cl)c(Cl)c2)cc1OC. The molecule has 0 unspecified atom stereocenters. The molecule has 0 aliphatic rings. The first-order valence-corrected chi connectivity index (χ1v) is 6.96. The number of ketones is 1. The Labute approximate surface area is 133 Å². The second-order valence-electron chi connectivity index (χ2n) is 4.48. The van der Waals surface area contributed by atoms with E-state index in [1.54, 1.807) is 37.4 Å². The number of methoxy groups -OCH3 is 2. The van der Waals surface area contributed by atoms with E-state index in [2.05, 4.69) is 0 Å². The molecule has 3 nitrogen and oxygen atoms in total. The van der Waals surface area contributed by atoms with Gasteiger partial charge in [0.15, 0.2) is 17.3 Å². The highest BCUT2D eigenvalue weighted by atomic mass is 35.5. The van der Waals surface area contributed by atoms with Crippen LogP contribution < -0.4 is 9.47 Å². The summed E-state index contributed by atoms with van der Waals surface area (Å²) in [4.78, 5) is 12.6. The summed E-state index contributed by atoms with van der Waals surface area (Å²) >= 11 is 11.8. The van der Waals surface area contributed by atoms with Gasteiger partial charge in [0.25, 0.3) is 0 Å². The fraction of sp³-hybridized carbons (Fsp3) is 0.188. The fourth-order valence-electron chi connectivity index (χ4n) is 2.02. The van der Waals surface area contributed by atoms with Crippen LogP contribution in [0.4, 0.5) is 0 Å². The first kappa shape index (κ1) is 15.7. The van der Waals surface area contributed by atoms with Gasteiger partial charge in [0.2, 0.25) is 0 Å². The normalized spacial score (nSPS) is 10.3. The molecule has 21 heavy (non-hydrogen) atoms. The van der Waals surface area contributed by atoms with Crippen molar-refractivity contribution >= 4 is 29.0 Å². The second kappa shape index (κ2) is 6.37. The summed E-state index contributed by atoms with van der Waals surface area (Å²) in [5.41, 5.74) is 1.80. The molecule has 2 aromatic carbocycles. The summed E-state index contributed by atoms with van der Waals surface area (Å²) in [5, 5.41) is 0.762. The monoisotopic (exact) mass is 324 g/mol. The molecule has 2 aromatic rings. The Balaban J connectivity index is 2.50. The lowest BCUT2D eigenvalue weighted by Crippen LogP contribution is -2.05. The third-order valence-electron chi connectivity index (χ3n) is 3.16. The minimum atomic E-state index is -0.146. The molecule has 0 saturated heterocycles. The Bertz CT molecular complexity index is 696. The highest BCUT2D eigenvalue weighted by Crippen LogP contribution is 2.32. The summed E-state index contributed by atoms with van der Waals surface area (Å²) in [6, 6.07) is 8.24. The maximum absolute atomic E-state index is 12.6. The van der Waals surface area contributed by atoms with Gasteiger partial charge in [-0.05, 0) is 42.8 Å². The molecule has 0 radical (unpaired) electrons. The van der Waals surface area contributed by atoms with Gasteiger partial charge in [-0.25, -0.2) is 0 Å². The molecule has 0 bridgehead atoms. The Morgan fingerprint density at radius 1 is 0.952 bits per heavy atom. The van der Waals surface area contributed by atoms with E-state index < -0.39 is 0 Å². The van der Waals surface area contributed by atoms with Crippen LogP contribution >= 0.6 is 23.2 Å². The van der Waals surface area contributed by atoms with E-state index in [-0.39, 0.29) is 5.78 Å². The van der Waals surface area contributed by atoms with Gasteiger partial charge in [-0.1, -0.05) is 23.2 Å². The van der Waals surface area contributed by atoms with Crippen molar-refractivity contribution in [1.29, 1.82) is 0 Å². The number of ether oxygens (including phenoxy) is 2. The van der Waals surface area contributed by atoms with Gasteiger partial charge in [-0.2, -0.15) is 0 Å². The average molecular weight is 325 g/mol. The quantitative estimate of drug-likeness (QED) is 0.774. The standard InChI is InChI=1S/C16H14Cl2O3/c1-9-6-14(20-2)15(21-3)8-11(9)16(19)10-4-5-12(17)13(18)7-10/h4-8H,1-3H3. The summed E-state index contributed by atoms with van der Waals surface area (Å²) in [6.07, 6.45) is 0. The van der Waals surface area contributed by atoms with Crippen molar-refractivity contribution < 1.29 is 14.3 Å². The molecule has 5 heteroatoms. The van der Waals surface area contributed by atoms with Crippen LogP contribution in [0.15, 0.2) is 30.3 Å². The summed E-state index contributed by atoms with van der Waals surface area (Å²) in [5.74, 6) is 0.944. The Kier molecular flexibility index (Phi) is 4.76. The smallest absolute Gasteiger partial charge is 0.193 e. The van der Waals surface area contributed by atoms with Crippen molar-refractivity contribution in [3.05, 3.63) is 57.1 Å². The number of hydrogen-bond acceptors (Lipinski definition) is 3. The van der Waals surface area contributed by atoms with Crippen molar-refractivity contribution in [2.24, 2.45) is 0 Å². The molecule has 0 N–H and O–H groups in total. The van der Waals surface area contributed by atoms with Crippen LogP contribution in [-0.4, -0.2) is 20.0 Å².